The van der Waals surface area contributed by atoms with Gasteiger partial charge < -0.3 is 15.9 Å². The fourth-order valence-corrected chi connectivity index (χ4v) is 2.01. The van der Waals surface area contributed by atoms with Crippen molar-refractivity contribution in [1.82, 2.24) is 5.32 Å². The van der Waals surface area contributed by atoms with Crippen LogP contribution in [0.4, 0.5) is 0 Å². The molecule has 1 fully saturated rings. The zero-order valence-electron chi connectivity index (χ0n) is 9.96. The number of rotatable bonds is 6. The van der Waals surface area contributed by atoms with E-state index in [0.717, 1.165) is 12.8 Å². The van der Waals surface area contributed by atoms with Crippen LogP contribution in [0.5, 0.6) is 0 Å². The largest absolute Gasteiger partial charge is 0.370 e. The van der Waals surface area contributed by atoms with E-state index in [1.165, 1.54) is 0 Å². The molecule has 2 amide bonds. The van der Waals surface area contributed by atoms with E-state index in [1.54, 1.807) is 0 Å². The summed E-state index contributed by atoms with van der Waals surface area (Å²) in [4.78, 5) is 36.9. The Kier molecular flexibility index (Phi) is 5.34. The van der Waals surface area contributed by atoms with Gasteiger partial charge >= 0.3 is 0 Å². The summed E-state index contributed by atoms with van der Waals surface area (Å²) >= 11 is 0. The third-order valence-corrected chi connectivity index (χ3v) is 2.87. The van der Waals surface area contributed by atoms with E-state index in [0.29, 0.717) is 12.8 Å². The molecule has 1 saturated carbocycles. The molecule has 0 aromatic heterocycles. The van der Waals surface area contributed by atoms with Crippen molar-refractivity contribution in [3.63, 3.8) is 0 Å². The van der Waals surface area contributed by atoms with Crippen molar-refractivity contribution in [2.24, 2.45) is 5.73 Å². The summed E-state index contributed by atoms with van der Waals surface area (Å²) in [6.45, 7) is 0. The Hall–Kier alpha value is -1.86. The smallest absolute Gasteiger partial charge is 0.294 e. The van der Waals surface area contributed by atoms with Crippen LogP contribution in [-0.2, 0) is 14.4 Å². The average Bonchev–Trinajstić information content (AvgIpc) is 2.28. The molecule has 102 valence electrons. The van der Waals surface area contributed by atoms with Gasteiger partial charge in [-0.25, -0.2) is 0 Å². The second kappa shape index (κ2) is 6.77. The van der Waals surface area contributed by atoms with Gasteiger partial charge in [0.25, 0.3) is 5.09 Å². The molecule has 0 aromatic rings. The molecule has 1 rings (SSSR count). The van der Waals surface area contributed by atoms with Crippen LogP contribution in [0, 0.1) is 10.1 Å². The summed E-state index contributed by atoms with van der Waals surface area (Å²) in [5.41, 5.74) is 4.93. The molecule has 1 aliphatic carbocycles. The number of primary amides is 1. The van der Waals surface area contributed by atoms with Gasteiger partial charge in [0.05, 0.1) is 6.04 Å². The average molecular weight is 259 g/mol. The first-order chi connectivity index (χ1) is 8.49. The number of hydrogen-bond donors (Lipinski definition) is 2. The highest BCUT2D eigenvalue weighted by Crippen LogP contribution is 2.21. The van der Waals surface area contributed by atoms with E-state index in [-0.39, 0.29) is 24.8 Å². The van der Waals surface area contributed by atoms with Crippen LogP contribution in [0.25, 0.3) is 0 Å². The van der Waals surface area contributed by atoms with Gasteiger partial charge in [-0.3, -0.25) is 9.59 Å². The highest BCUT2D eigenvalue weighted by molar-refractivity contribution is 5.82. The Labute approximate surface area is 104 Å². The zero-order chi connectivity index (χ0) is 13.5. The van der Waals surface area contributed by atoms with Crippen molar-refractivity contribution < 1.29 is 19.5 Å². The molecule has 0 bridgehead atoms. The second-order valence-corrected chi connectivity index (χ2v) is 4.29. The number of hydrogen-bond acceptors (Lipinski definition) is 5. The highest BCUT2D eigenvalue weighted by Gasteiger charge is 2.29. The number of nitrogens with two attached hydrogens (primary N) is 1. The molecule has 0 unspecified atom stereocenters. The van der Waals surface area contributed by atoms with Gasteiger partial charge in [0.15, 0.2) is 0 Å². The molecule has 8 heteroatoms. The van der Waals surface area contributed by atoms with Gasteiger partial charge in [-0.1, -0.05) is 12.8 Å². The van der Waals surface area contributed by atoms with Crippen LogP contribution in [0.15, 0.2) is 0 Å². The highest BCUT2D eigenvalue weighted by atomic mass is 17.0. The molecule has 0 saturated heterocycles. The Bertz CT molecular complexity index is 333. The summed E-state index contributed by atoms with van der Waals surface area (Å²) < 4.78 is 0. The Morgan fingerprint density at radius 3 is 2.61 bits per heavy atom. The van der Waals surface area contributed by atoms with E-state index in [4.69, 9.17) is 5.73 Å². The van der Waals surface area contributed by atoms with Gasteiger partial charge in [-0.2, -0.15) is 0 Å². The van der Waals surface area contributed by atoms with E-state index in [9.17, 15) is 19.7 Å². The molecule has 0 aliphatic heterocycles. The molecular weight excluding hydrogens is 242 g/mol. The van der Waals surface area contributed by atoms with Crippen LogP contribution in [0.3, 0.4) is 0 Å². The Morgan fingerprint density at radius 1 is 1.33 bits per heavy atom. The van der Waals surface area contributed by atoms with Crippen LogP contribution in [-0.4, -0.2) is 29.0 Å². The first kappa shape index (κ1) is 14.2. The molecular formula is C10H17N3O5. The lowest BCUT2D eigenvalue weighted by Gasteiger charge is -2.30. The molecule has 1 aliphatic rings. The summed E-state index contributed by atoms with van der Waals surface area (Å²) in [6, 6.07) is -0.371. The lowest BCUT2D eigenvalue weighted by molar-refractivity contribution is -0.770. The molecule has 0 aromatic carbocycles. The van der Waals surface area contributed by atoms with Crippen molar-refractivity contribution in [2.75, 3.05) is 0 Å². The fourth-order valence-electron chi connectivity index (χ4n) is 2.01. The van der Waals surface area contributed by atoms with Crippen molar-refractivity contribution in [1.29, 1.82) is 0 Å². The number of carbonyl (C=O) groups excluding carboxylic acids is 2. The lowest BCUT2D eigenvalue weighted by Crippen LogP contribution is -2.47. The number of nitrogens with zero attached hydrogens (tertiary/aromatic N) is 1. The maximum absolute atomic E-state index is 11.5. The van der Waals surface area contributed by atoms with Crippen LogP contribution in [0.2, 0.25) is 0 Å². The molecule has 0 radical (unpaired) electrons. The van der Waals surface area contributed by atoms with E-state index < -0.39 is 17.1 Å². The molecule has 18 heavy (non-hydrogen) atoms. The minimum Gasteiger partial charge on any atom is -0.370 e. The maximum Gasteiger partial charge on any atom is 0.294 e. The SMILES string of the molecule is NC(=O)CCC(=O)N[C@@H]1CCCC[C@H]1O[N+](=O)[O-]. The number of amides is 2. The lowest BCUT2D eigenvalue weighted by atomic mass is 9.92. The third-order valence-electron chi connectivity index (χ3n) is 2.87. The quantitative estimate of drug-likeness (QED) is 0.508. The van der Waals surface area contributed by atoms with Crippen LogP contribution < -0.4 is 11.1 Å². The predicted octanol–water partition coefficient (Wildman–Crippen LogP) is -0.112. The number of carbonyl (C=O) groups is 2. The van der Waals surface area contributed by atoms with Gasteiger partial charge in [0.1, 0.15) is 6.10 Å². The summed E-state index contributed by atoms with van der Waals surface area (Å²) in [5.74, 6) is -0.885. The van der Waals surface area contributed by atoms with Crippen LogP contribution in [0.1, 0.15) is 38.5 Å². The Balaban J connectivity index is 2.43. The minimum atomic E-state index is -0.835. The molecule has 8 nitrogen and oxygen atoms in total. The fraction of sp³-hybridized carbons (Fsp3) is 0.800. The van der Waals surface area contributed by atoms with E-state index in [1.807, 2.05) is 0 Å². The second-order valence-electron chi connectivity index (χ2n) is 4.29. The zero-order valence-corrected chi connectivity index (χ0v) is 9.96. The topological polar surface area (TPSA) is 125 Å². The molecule has 0 heterocycles. The van der Waals surface area contributed by atoms with Gasteiger partial charge in [-0.05, 0) is 12.8 Å². The van der Waals surface area contributed by atoms with Crippen molar-refractivity contribution in [3.8, 4) is 0 Å². The summed E-state index contributed by atoms with van der Waals surface area (Å²) in [5, 5.41) is 12.1. The van der Waals surface area contributed by atoms with Crippen molar-refractivity contribution >= 4 is 11.8 Å². The van der Waals surface area contributed by atoms with Gasteiger partial charge in [-0.15, -0.1) is 10.1 Å². The first-order valence-corrected chi connectivity index (χ1v) is 5.88. The molecule has 2 atom stereocenters. The summed E-state index contributed by atoms with van der Waals surface area (Å²) in [7, 11) is 0. The van der Waals surface area contributed by atoms with Crippen molar-refractivity contribution in [2.45, 2.75) is 50.7 Å². The molecule has 3 N–H and O–H groups in total. The monoisotopic (exact) mass is 259 g/mol. The van der Waals surface area contributed by atoms with Gasteiger partial charge in [0, 0.05) is 12.8 Å². The third kappa shape index (κ3) is 4.98. The number of nitrogens with one attached hydrogen (secondary N) is 1. The summed E-state index contributed by atoms with van der Waals surface area (Å²) in [6.07, 6.45) is 2.27. The molecule has 0 spiro atoms. The Morgan fingerprint density at radius 2 is 2.00 bits per heavy atom. The first-order valence-electron chi connectivity index (χ1n) is 5.88. The standard InChI is InChI=1S/C10H17N3O5/c11-9(14)5-6-10(15)12-7-3-1-2-4-8(7)18-13(16)17/h7-8H,1-6H2,(H2,11,14)(H,12,15)/t7-,8-/m1/s1. The van der Waals surface area contributed by atoms with Crippen LogP contribution >= 0.6 is 0 Å². The van der Waals surface area contributed by atoms with Crippen molar-refractivity contribution in [3.05, 3.63) is 10.1 Å². The maximum atomic E-state index is 11.5. The van der Waals surface area contributed by atoms with E-state index >= 15 is 0 Å². The van der Waals surface area contributed by atoms with E-state index in [2.05, 4.69) is 10.2 Å². The van der Waals surface area contributed by atoms with Gasteiger partial charge in [0.2, 0.25) is 11.8 Å². The minimum absolute atomic E-state index is 0.00296. The normalized spacial score (nSPS) is 23.1. The predicted molar refractivity (Wildman–Crippen MR) is 60.7 cm³/mol.